The average Bonchev–Trinajstić information content (AvgIpc) is 2.27. The Bertz CT molecular complexity index is 549. The second-order valence-corrected chi connectivity index (χ2v) is 4.86. The predicted octanol–water partition coefficient (Wildman–Crippen LogP) is 4.36. The van der Waals surface area contributed by atoms with E-state index in [-0.39, 0.29) is 0 Å². The zero-order valence-electron chi connectivity index (χ0n) is 9.54. The molecule has 18 heavy (non-hydrogen) atoms. The molecule has 0 saturated heterocycles. The van der Waals surface area contributed by atoms with Gasteiger partial charge in [0.1, 0.15) is 11.5 Å². The number of benzene rings is 1. The maximum Gasteiger partial charge on any atom is 0.157 e. The quantitative estimate of drug-likeness (QED) is 0.856. The van der Waals surface area contributed by atoms with Crippen LogP contribution in [0.15, 0.2) is 24.3 Å². The van der Waals surface area contributed by atoms with Crippen molar-refractivity contribution in [1.82, 2.24) is 9.97 Å². The number of nitrogens with one attached hydrogen (secondary N) is 1. The Labute approximate surface area is 120 Å². The molecule has 0 bridgehead atoms. The first-order valence-corrected chi connectivity index (χ1v) is 6.37. The zero-order chi connectivity index (χ0) is 13.1. The van der Waals surface area contributed by atoms with Crippen molar-refractivity contribution >= 4 is 40.5 Å². The maximum absolute atomic E-state index is 6.01. The normalized spacial score (nSPS) is 10.4. The molecule has 0 atom stereocenters. The van der Waals surface area contributed by atoms with Crippen molar-refractivity contribution in [1.29, 1.82) is 0 Å². The molecule has 6 heteroatoms. The summed E-state index contributed by atoms with van der Waals surface area (Å²) in [7, 11) is 0. The van der Waals surface area contributed by atoms with E-state index >= 15 is 0 Å². The van der Waals surface area contributed by atoms with Gasteiger partial charge < -0.3 is 5.32 Å². The molecule has 0 aliphatic heterocycles. The second kappa shape index (κ2) is 5.74. The van der Waals surface area contributed by atoms with Crippen molar-refractivity contribution in [2.45, 2.75) is 13.5 Å². The number of hydrogen-bond donors (Lipinski definition) is 1. The number of rotatable bonds is 3. The van der Waals surface area contributed by atoms with Gasteiger partial charge in [-0.2, -0.15) is 0 Å². The number of anilines is 1. The van der Waals surface area contributed by atoms with E-state index in [0.29, 0.717) is 33.4 Å². The van der Waals surface area contributed by atoms with Crippen LogP contribution in [0.5, 0.6) is 0 Å². The molecule has 0 aliphatic rings. The van der Waals surface area contributed by atoms with Gasteiger partial charge in [0.05, 0.1) is 0 Å². The molecular formula is C12H10Cl3N3. The molecule has 0 spiro atoms. The van der Waals surface area contributed by atoms with Gasteiger partial charge in [-0.05, 0) is 24.6 Å². The first-order valence-electron chi connectivity index (χ1n) is 5.24. The van der Waals surface area contributed by atoms with E-state index in [1.165, 1.54) is 0 Å². The van der Waals surface area contributed by atoms with Gasteiger partial charge in [-0.1, -0.05) is 46.9 Å². The SMILES string of the molecule is Cc1nc(Cl)c(NCc2cccc(Cl)c2)c(Cl)n1. The van der Waals surface area contributed by atoms with E-state index in [0.717, 1.165) is 5.56 Å². The van der Waals surface area contributed by atoms with E-state index in [1.54, 1.807) is 6.92 Å². The lowest BCUT2D eigenvalue weighted by molar-refractivity contribution is 1.04. The molecule has 2 aromatic rings. The fourth-order valence-corrected chi connectivity index (χ4v) is 2.31. The summed E-state index contributed by atoms with van der Waals surface area (Å²) >= 11 is 17.9. The molecule has 0 aliphatic carbocycles. The minimum absolute atomic E-state index is 0.314. The summed E-state index contributed by atoms with van der Waals surface area (Å²) < 4.78 is 0. The van der Waals surface area contributed by atoms with E-state index in [9.17, 15) is 0 Å². The highest BCUT2D eigenvalue weighted by molar-refractivity contribution is 6.37. The van der Waals surface area contributed by atoms with Gasteiger partial charge in [0.2, 0.25) is 0 Å². The van der Waals surface area contributed by atoms with Crippen LogP contribution in [-0.4, -0.2) is 9.97 Å². The lowest BCUT2D eigenvalue weighted by Crippen LogP contribution is -2.03. The Kier molecular flexibility index (Phi) is 4.27. The molecular weight excluding hydrogens is 293 g/mol. The van der Waals surface area contributed by atoms with Crippen LogP contribution in [-0.2, 0) is 6.54 Å². The highest BCUT2D eigenvalue weighted by atomic mass is 35.5. The third kappa shape index (κ3) is 3.25. The summed E-state index contributed by atoms with van der Waals surface area (Å²) in [5, 5.41) is 4.42. The summed E-state index contributed by atoms with van der Waals surface area (Å²) in [5.41, 5.74) is 1.55. The van der Waals surface area contributed by atoms with Crippen LogP contribution in [0.3, 0.4) is 0 Å². The standard InChI is InChI=1S/C12H10Cl3N3/c1-7-17-11(14)10(12(15)18-7)16-6-8-3-2-4-9(13)5-8/h2-5,16H,6H2,1H3. The number of aryl methyl sites for hydroxylation is 1. The number of hydrogen-bond acceptors (Lipinski definition) is 3. The Morgan fingerprint density at radius 1 is 1.11 bits per heavy atom. The number of halogens is 3. The van der Waals surface area contributed by atoms with E-state index in [2.05, 4.69) is 15.3 Å². The summed E-state index contributed by atoms with van der Waals surface area (Å²) in [6.07, 6.45) is 0. The molecule has 2 rings (SSSR count). The Hall–Kier alpha value is -1.03. The Morgan fingerprint density at radius 2 is 1.78 bits per heavy atom. The lowest BCUT2D eigenvalue weighted by atomic mass is 10.2. The van der Waals surface area contributed by atoms with Crippen molar-refractivity contribution < 1.29 is 0 Å². The van der Waals surface area contributed by atoms with E-state index < -0.39 is 0 Å². The summed E-state index contributed by atoms with van der Waals surface area (Å²) in [6, 6.07) is 7.52. The predicted molar refractivity (Wildman–Crippen MR) is 75.6 cm³/mol. The molecule has 0 fully saturated rings. The zero-order valence-corrected chi connectivity index (χ0v) is 11.8. The van der Waals surface area contributed by atoms with E-state index in [1.807, 2.05) is 24.3 Å². The van der Waals surface area contributed by atoms with Crippen molar-refractivity contribution in [2.24, 2.45) is 0 Å². The molecule has 3 nitrogen and oxygen atoms in total. The Balaban J connectivity index is 2.16. The monoisotopic (exact) mass is 301 g/mol. The summed E-state index contributed by atoms with van der Waals surface area (Å²) in [4.78, 5) is 8.09. The van der Waals surface area contributed by atoms with Crippen LogP contribution in [0.4, 0.5) is 5.69 Å². The van der Waals surface area contributed by atoms with Gasteiger partial charge >= 0.3 is 0 Å². The minimum Gasteiger partial charge on any atom is -0.376 e. The first kappa shape index (κ1) is 13.4. The topological polar surface area (TPSA) is 37.8 Å². The van der Waals surface area contributed by atoms with Crippen LogP contribution in [0, 0.1) is 6.92 Å². The van der Waals surface area contributed by atoms with Gasteiger partial charge in [0, 0.05) is 11.6 Å². The molecule has 94 valence electrons. The molecule has 0 amide bonds. The summed E-state index contributed by atoms with van der Waals surface area (Å²) in [6.45, 7) is 2.28. The Morgan fingerprint density at radius 3 is 2.39 bits per heavy atom. The van der Waals surface area contributed by atoms with Gasteiger partial charge in [0.15, 0.2) is 10.3 Å². The van der Waals surface area contributed by atoms with Crippen LogP contribution in [0.2, 0.25) is 15.3 Å². The van der Waals surface area contributed by atoms with E-state index in [4.69, 9.17) is 34.8 Å². The number of nitrogens with zero attached hydrogens (tertiary/aromatic N) is 2. The van der Waals surface area contributed by atoms with Gasteiger partial charge in [0.25, 0.3) is 0 Å². The molecule has 0 unspecified atom stereocenters. The van der Waals surface area contributed by atoms with Crippen LogP contribution < -0.4 is 5.32 Å². The third-order valence-electron chi connectivity index (χ3n) is 2.29. The fourth-order valence-electron chi connectivity index (χ4n) is 1.49. The number of aromatic nitrogens is 2. The first-order chi connectivity index (χ1) is 8.56. The van der Waals surface area contributed by atoms with Gasteiger partial charge in [-0.25, -0.2) is 9.97 Å². The molecule has 1 aromatic heterocycles. The van der Waals surface area contributed by atoms with Gasteiger partial charge in [-0.15, -0.1) is 0 Å². The molecule has 1 aromatic carbocycles. The highest BCUT2D eigenvalue weighted by Crippen LogP contribution is 2.27. The molecule has 1 heterocycles. The third-order valence-corrected chi connectivity index (χ3v) is 3.07. The lowest BCUT2D eigenvalue weighted by Gasteiger charge is -2.10. The smallest absolute Gasteiger partial charge is 0.157 e. The largest absolute Gasteiger partial charge is 0.376 e. The average molecular weight is 303 g/mol. The molecule has 0 saturated carbocycles. The van der Waals surface area contributed by atoms with Crippen molar-refractivity contribution in [3.8, 4) is 0 Å². The van der Waals surface area contributed by atoms with Crippen molar-refractivity contribution in [3.63, 3.8) is 0 Å². The summed E-state index contributed by atoms with van der Waals surface area (Å²) in [5.74, 6) is 0.540. The fraction of sp³-hybridized carbons (Fsp3) is 0.167. The van der Waals surface area contributed by atoms with Crippen LogP contribution >= 0.6 is 34.8 Å². The molecule has 0 radical (unpaired) electrons. The molecule has 1 N–H and O–H groups in total. The second-order valence-electron chi connectivity index (χ2n) is 3.71. The van der Waals surface area contributed by atoms with Crippen molar-refractivity contribution in [2.75, 3.05) is 5.32 Å². The van der Waals surface area contributed by atoms with Gasteiger partial charge in [-0.3, -0.25) is 0 Å². The maximum atomic E-state index is 6.01. The van der Waals surface area contributed by atoms with Crippen LogP contribution in [0.25, 0.3) is 0 Å². The highest BCUT2D eigenvalue weighted by Gasteiger charge is 2.09. The minimum atomic E-state index is 0.314. The van der Waals surface area contributed by atoms with Crippen LogP contribution in [0.1, 0.15) is 11.4 Å². The van der Waals surface area contributed by atoms with Crippen molar-refractivity contribution in [3.05, 3.63) is 51.0 Å².